The molecule has 0 bridgehead atoms. The number of ether oxygens (including phenoxy) is 1. The zero-order valence-corrected chi connectivity index (χ0v) is 20.4. The van der Waals surface area contributed by atoms with Gasteiger partial charge < -0.3 is 19.8 Å². The fourth-order valence-electron chi connectivity index (χ4n) is 3.89. The van der Waals surface area contributed by atoms with Gasteiger partial charge in [-0.05, 0) is 42.6 Å². The normalized spacial score (nSPS) is 22.3. The number of carbonyl (C=O) groups is 1. The summed E-state index contributed by atoms with van der Waals surface area (Å²) < 4.78 is 11.7. The fourth-order valence-corrected chi connectivity index (χ4v) is 4.94. The van der Waals surface area contributed by atoms with Crippen molar-refractivity contribution in [2.24, 2.45) is 5.73 Å². The molecule has 1 amide bonds. The van der Waals surface area contributed by atoms with Crippen molar-refractivity contribution in [1.29, 1.82) is 5.26 Å². The summed E-state index contributed by atoms with van der Waals surface area (Å²) in [7, 11) is -2.07. The minimum atomic E-state index is -2.07. The van der Waals surface area contributed by atoms with Gasteiger partial charge >= 0.3 is 6.09 Å². The average molecular weight is 461 g/mol. The van der Waals surface area contributed by atoms with E-state index in [0.29, 0.717) is 18.7 Å². The quantitative estimate of drug-likeness (QED) is 0.366. The van der Waals surface area contributed by atoms with Crippen molar-refractivity contribution in [3.8, 4) is 6.07 Å². The van der Waals surface area contributed by atoms with Crippen LogP contribution in [0, 0.1) is 21.4 Å². The largest absolute Gasteiger partial charge is 0.444 e. The third-order valence-electron chi connectivity index (χ3n) is 7.10. The number of hydrogen-bond acceptors (Lipinski definition) is 7. The van der Waals surface area contributed by atoms with E-state index in [1.165, 1.54) is 6.07 Å². The predicted molar refractivity (Wildman–Crippen MR) is 123 cm³/mol. The maximum Gasteiger partial charge on any atom is 0.404 e. The predicted octanol–water partition coefficient (Wildman–Crippen LogP) is 4.21. The topological polar surface area (TPSA) is 132 Å². The fraction of sp³-hybridized carbons (Fsp3) is 0.636. The SMILES string of the molecule is CC(C)(C)[Si](C)(C)OC[C@@H]1C[C@H](OC(N)=O)CN1c1cc(C2(C#N)CC2)ccc1[N+](=O)[O-]. The van der Waals surface area contributed by atoms with Crippen LogP contribution in [-0.4, -0.2) is 44.6 Å². The molecular formula is C22H32N4O5Si. The molecule has 2 fully saturated rings. The lowest BCUT2D eigenvalue weighted by molar-refractivity contribution is -0.384. The number of nitriles is 1. The van der Waals surface area contributed by atoms with Crippen LogP contribution in [0.25, 0.3) is 0 Å². The maximum absolute atomic E-state index is 11.8. The second-order valence-corrected chi connectivity index (χ2v) is 15.1. The number of hydrogen-bond donors (Lipinski definition) is 1. The van der Waals surface area contributed by atoms with E-state index >= 15 is 0 Å². The molecule has 1 aliphatic heterocycles. The molecule has 9 nitrogen and oxygen atoms in total. The van der Waals surface area contributed by atoms with Crippen LogP contribution >= 0.6 is 0 Å². The summed E-state index contributed by atoms with van der Waals surface area (Å²) in [6.07, 6.45) is 0.584. The molecule has 32 heavy (non-hydrogen) atoms. The number of rotatable bonds is 7. The summed E-state index contributed by atoms with van der Waals surface area (Å²) >= 11 is 0. The van der Waals surface area contributed by atoms with Crippen LogP contribution in [0.2, 0.25) is 18.1 Å². The summed E-state index contributed by atoms with van der Waals surface area (Å²) in [4.78, 5) is 24.7. The first kappa shape index (κ1) is 24.0. The van der Waals surface area contributed by atoms with Crippen LogP contribution in [0.5, 0.6) is 0 Å². The number of nitro groups is 1. The number of benzene rings is 1. The van der Waals surface area contributed by atoms with Gasteiger partial charge in [-0.3, -0.25) is 10.1 Å². The number of nitro benzene ring substituents is 1. The lowest BCUT2D eigenvalue weighted by atomic mass is 9.96. The first-order valence-electron chi connectivity index (χ1n) is 10.9. The molecule has 2 N–H and O–H groups in total. The Labute approximate surface area is 189 Å². The Kier molecular flexibility index (Phi) is 6.28. The number of nitrogens with zero attached hydrogens (tertiary/aromatic N) is 3. The van der Waals surface area contributed by atoms with Gasteiger partial charge in [0.15, 0.2) is 8.32 Å². The molecule has 2 aliphatic rings. The molecule has 174 valence electrons. The third kappa shape index (κ3) is 4.73. The van der Waals surface area contributed by atoms with Crippen molar-refractivity contribution in [2.75, 3.05) is 18.1 Å². The number of amides is 1. The molecule has 1 saturated carbocycles. The summed E-state index contributed by atoms with van der Waals surface area (Å²) in [5.41, 5.74) is 5.83. The van der Waals surface area contributed by atoms with Crippen molar-refractivity contribution in [3.05, 3.63) is 33.9 Å². The Morgan fingerprint density at radius 2 is 2.06 bits per heavy atom. The van der Waals surface area contributed by atoms with Crippen molar-refractivity contribution in [1.82, 2.24) is 0 Å². The van der Waals surface area contributed by atoms with Crippen LogP contribution in [0.1, 0.15) is 45.6 Å². The highest BCUT2D eigenvalue weighted by atomic mass is 28.4. The molecule has 3 rings (SSSR count). The average Bonchev–Trinajstić information content (AvgIpc) is 3.39. The van der Waals surface area contributed by atoms with Gasteiger partial charge in [-0.25, -0.2) is 4.79 Å². The Morgan fingerprint density at radius 3 is 2.56 bits per heavy atom. The monoisotopic (exact) mass is 460 g/mol. The molecule has 0 spiro atoms. The number of carbonyl (C=O) groups excluding carboxylic acids is 1. The first-order chi connectivity index (χ1) is 14.8. The van der Waals surface area contributed by atoms with Gasteiger partial charge in [-0.2, -0.15) is 5.26 Å². The molecule has 10 heteroatoms. The number of primary amides is 1. The Balaban J connectivity index is 1.96. The molecule has 0 aromatic heterocycles. The molecule has 1 aliphatic carbocycles. The molecule has 2 atom stereocenters. The van der Waals surface area contributed by atoms with E-state index in [1.54, 1.807) is 12.1 Å². The van der Waals surface area contributed by atoms with Gasteiger partial charge in [0.2, 0.25) is 0 Å². The molecule has 1 aromatic carbocycles. The van der Waals surface area contributed by atoms with Crippen molar-refractivity contribution < 1.29 is 18.9 Å². The Morgan fingerprint density at radius 1 is 1.41 bits per heavy atom. The minimum Gasteiger partial charge on any atom is -0.444 e. The van der Waals surface area contributed by atoms with Crippen molar-refractivity contribution in [2.45, 2.75) is 75.7 Å². The van der Waals surface area contributed by atoms with E-state index in [-0.39, 0.29) is 23.3 Å². The van der Waals surface area contributed by atoms with E-state index in [2.05, 4.69) is 39.9 Å². The van der Waals surface area contributed by atoms with Gasteiger partial charge in [0.1, 0.15) is 11.8 Å². The van der Waals surface area contributed by atoms with E-state index in [1.807, 2.05) is 4.90 Å². The molecule has 1 heterocycles. The lowest BCUT2D eigenvalue weighted by Crippen LogP contribution is -2.45. The third-order valence-corrected chi connectivity index (χ3v) is 11.6. The smallest absolute Gasteiger partial charge is 0.404 e. The van der Waals surface area contributed by atoms with Crippen LogP contribution in [0.15, 0.2) is 18.2 Å². The van der Waals surface area contributed by atoms with Crippen molar-refractivity contribution in [3.63, 3.8) is 0 Å². The molecule has 1 saturated heterocycles. The highest BCUT2D eigenvalue weighted by Gasteiger charge is 2.47. The first-order valence-corrected chi connectivity index (χ1v) is 13.8. The van der Waals surface area contributed by atoms with Crippen LogP contribution in [-0.2, 0) is 14.6 Å². The summed E-state index contributed by atoms with van der Waals surface area (Å²) in [5, 5.41) is 21.4. The summed E-state index contributed by atoms with van der Waals surface area (Å²) in [6, 6.07) is 7.02. The Hall–Kier alpha value is -2.64. The minimum absolute atomic E-state index is 0.0105. The van der Waals surface area contributed by atoms with Crippen LogP contribution in [0.4, 0.5) is 16.2 Å². The summed E-state index contributed by atoms with van der Waals surface area (Å²) in [5.74, 6) is 0. The van der Waals surface area contributed by atoms with Gasteiger partial charge in [0.25, 0.3) is 5.69 Å². The zero-order valence-electron chi connectivity index (χ0n) is 19.4. The van der Waals surface area contributed by atoms with E-state index in [9.17, 15) is 20.2 Å². The molecule has 1 aromatic rings. The molecule has 0 radical (unpaired) electrons. The standard InChI is InChI=1S/C22H32N4O5Si/c1-21(2,3)32(4,5)30-13-16-11-17(31-20(24)27)12-25(16)19-10-15(22(14-23)8-9-22)6-7-18(19)26(28)29/h6-7,10,16-17H,8-9,11-13H2,1-5H3,(H2,24,27)/t16-,17-/m0/s1. The molecular weight excluding hydrogens is 428 g/mol. The highest BCUT2D eigenvalue weighted by molar-refractivity contribution is 6.74. The van der Waals surface area contributed by atoms with Gasteiger partial charge in [0, 0.05) is 12.5 Å². The second kappa shape index (κ2) is 8.37. The van der Waals surface area contributed by atoms with E-state index < -0.39 is 30.9 Å². The second-order valence-electron chi connectivity index (χ2n) is 10.3. The highest BCUT2D eigenvalue weighted by Crippen LogP contribution is 2.49. The van der Waals surface area contributed by atoms with E-state index in [0.717, 1.165) is 18.4 Å². The van der Waals surface area contributed by atoms with Gasteiger partial charge in [-0.15, -0.1) is 0 Å². The van der Waals surface area contributed by atoms with Crippen LogP contribution in [0.3, 0.4) is 0 Å². The van der Waals surface area contributed by atoms with E-state index in [4.69, 9.17) is 14.9 Å². The number of nitrogens with two attached hydrogens (primary N) is 1. The lowest BCUT2D eigenvalue weighted by Gasteiger charge is -2.38. The summed E-state index contributed by atoms with van der Waals surface area (Å²) in [6.45, 7) is 11.4. The zero-order chi connectivity index (χ0) is 23.9. The van der Waals surface area contributed by atoms with Gasteiger partial charge in [-0.1, -0.05) is 26.8 Å². The molecule has 0 unspecified atom stereocenters. The Bertz CT molecular complexity index is 949. The van der Waals surface area contributed by atoms with Gasteiger partial charge in [0.05, 0.1) is 35.6 Å². The number of anilines is 1. The van der Waals surface area contributed by atoms with Crippen molar-refractivity contribution >= 4 is 25.8 Å². The maximum atomic E-state index is 11.8. The van der Waals surface area contributed by atoms with Crippen LogP contribution < -0.4 is 10.6 Å².